The zero-order valence-electron chi connectivity index (χ0n) is 27.4. The largest absolute Gasteiger partial charge is 3.00 e. The quantitative estimate of drug-likeness (QED) is 0.274. The number of fused-ring (bicyclic) bond motifs is 8. The maximum atomic E-state index is 5.61. The summed E-state index contributed by atoms with van der Waals surface area (Å²) in [5.41, 5.74) is 19.3. The van der Waals surface area contributed by atoms with Crippen molar-refractivity contribution < 1.29 is 54.3 Å². The topological polar surface area (TPSA) is 46.5 Å². The molecule has 8 heteroatoms. The van der Waals surface area contributed by atoms with E-state index < -0.39 is 0 Å². The molecule has 0 atom stereocenters. The van der Waals surface area contributed by atoms with E-state index in [-0.39, 0.29) is 54.3 Å². The zero-order chi connectivity index (χ0) is 28.6. The van der Waals surface area contributed by atoms with Crippen LogP contribution in [-0.4, -0.2) is 19.5 Å². The van der Waals surface area contributed by atoms with Crippen molar-refractivity contribution in [3.05, 3.63) is 68.8 Å². The van der Waals surface area contributed by atoms with Gasteiger partial charge in [-0.1, -0.05) is 48.5 Å². The van der Waals surface area contributed by atoms with Gasteiger partial charge < -0.3 is 46.8 Å². The van der Waals surface area contributed by atoms with E-state index in [9.17, 15) is 0 Å². The third-order valence-corrected chi connectivity index (χ3v) is 8.85. The number of hydrogen-bond acceptors (Lipinski definition) is 2. The first-order valence-electron chi connectivity index (χ1n) is 15.7. The molecule has 44 heavy (non-hydrogen) atoms. The van der Waals surface area contributed by atoms with Gasteiger partial charge in [0.2, 0.25) is 0 Å². The van der Waals surface area contributed by atoms with Gasteiger partial charge in [-0.15, -0.1) is 0 Å². The number of aryl methyl sites for hydroxylation is 6. The Morgan fingerprint density at radius 2 is 1.14 bits per heavy atom. The summed E-state index contributed by atoms with van der Waals surface area (Å²) >= 11 is 0. The second-order valence-electron chi connectivity index (χ2n) is 10.8. The molecule has 5 heterocycles. The zero-order valence-corrected chi connectivity index (χ0v) is 30.8. The van der Waals surface area contributed by atoms with Crippen LogP contribution in [0.3, 0.4) is 0 Å². The van der Waals surface area contributed by atoms with Crippen molar-refractivity contribution >= 4 is 45.4 Å². The minimum atomic E-state index is 0. The Kier molecular flexibility index (Phi) is 15.5. The molecule has 2 aliphatic heterocycles. The summed E-state index contributed by atoms with van der Waals surface area (Å²) in [6.07, 6.45) is 11.2. The summed E-state index contributed by atoms with van der Waals surface area (Å²) in [4.78, 5) is 14.4. The van der Waals surface area contributed by atoms with Gasteiger partial charge >= 0.3 is 17.1 Å². The van der Waals surface area contributed by atoms with Crippen molar-refractivity contribution in [1.82, 2.24) is 19.5 Å². The molecule has 0 fully saturated rings. The van der Waals surface area contributed by atoms with Crippen LogP contribution in [0, 0.1) is 0 Å². The molecule has 3 aromatic heterocycles. The first-order valence-corrected chi connectivity index (χ1v) is 15.7. The summed E-state index contributed by atoms with van der Waals surface area (Å²) in [5.74, 6) is 0. The third-order valence-electron chi connectivity index (χ3n) is 8.85. The van der Waals surface area contributed by atoms with Gasteiger partial charge in [0.25, 0.3) is 0 Å². The molecule has 1 N–H and O–H groups in total. The minimum absolute atomic E-state index is 0. The van der Waals surface area contributed by atoms with Gasteiger partial charge in [0.15, 0.2) is 0 Å². The molecule has 0 saturated carbocycles. The van der Waals surface area contributed by atoms with Gasteiger partial charge in [-0.3, -0.25) is 0 Å². The standard InChI is InChI=1S/C36H46N4.3ClH.Mn/c1-9-22-19-25-20-23-17-18-24(37-23)21-32-26(10-2)29(13-5)36(40(32)16-8)31(15-7)35-28(12-4)27(11-3)34(39-35)30(14-6)33(22)38-25;;;;/h17-21,38H,9-16H2,1-8H3;3*1H;/q;;;;+3/p-3. The van der Waals surface area contributed by atoms with E-state index in [4.69, 9.17) is 9.97 Å². The van der Waals surface area contributed by atoms with Gasteiger partial charge in [-0.2, -0.15) is 0 Å². The summed E-state index contributed by atoms with van der Waals surface area (Å²) in [5, 5.41) is 0. The summed E-state index contributed by atoms with van der Waals surface area (Å²) in [6.45, 7) is 19.2. The third kappa shape index (κ3) is 6.74. The van der Waals surface area contributed by atoms with E-state index in [0.29, 0.717) is 0 Å². The van der Waals surface area contributed by atoms with Crippen molar-refractivity contribution in [2.45, 2.75) is 107 Å². The fourth-order valence-corrected chi connectivity index (χ4v) is 7.06. The van der Waals surface area contributed by atoms with E-state index in [1.54, 1.807) is 0 Å². The first kappa shape index (κ1) is 40.0. The van der Waals surface area contributed by atoms with Crippen LogP contribution in [0.25, 0.3) is 45.4 Å². The Morgan fingerprint density at radius 3 is 1.64 bits per heavy atom. The number of rotatable bonds is 8. The van der Waals surface area contributed by atoms with Crippen LogP contribution in [-0.2, 0) is 55.7 Å². The second-order valence-corrected chi connectivity index (χ2v) is 10.8. The van der Waals surface area contributed by atoms with Gasteiger partial charge in [0.05, 0.1) is 28.3 Å². The monoisotopic (exact) mass is 694 g/mol. The molecule has 0 amide bonds. The van der Waals surface area contributed by atoms with Crippen LogP contribution in [0.2, 0.25) is 0 Å². The number of nitrogens with one attached hydrogen (secondary N) is 1. The SMILES string of the molecule is CCC1=C(CC)c2nc1c(CC)c1[nH]c(cc3nc(cc4c(CC)c(CC)c(c2CC)n4CC)C=C3)cc1CC.[Cl-].[Cl-].[Cl-].[Mn+3]. The fourth-order valence-electron chi connectivity index (χ4n) is 7.06. The first-order chi connectivity index (χ1) is 19.5. The molecule has 2 aliphatic rings. The fraction of sp³-hybridized carbons (Fsp3) is 0.444. The van der Waals surface area contributed by atoms with E-state index in [1.807, 2.05) is 0 Å². The number of halogens is 3. The van der Waals surface area contributed by atoms with Gasteiger partial charge in [0.1, 0.15) is 0 Å². The van der Waals surface area contributed by atoms with Gasteiger partial charge in [-0.25, -0.2) is 9.97 Å². The Balaban J connectivity index is 0.00000242. The predicted molar refractivity (Wildman–Crippen MR) is 174 cm³/mol. The molecule has 3 aromatic rings. The molecular weight excluding hydrogens is 650 g/mol. The Bertz CT molecular complexity index is 1700. The number of nitrogens with zero attached hydrogens (tertiary/aromatic N) is 3. The van der Waals surface area contributed by atoms with Gasteiger partial charge in [-0.05, 0) is 110 Å². The molecule has 0 radical (unpaired) electrons. The van der Waals surface area contributed by atoms with E-state index >= 15 is 0 Å². The minimum Gasteiger partial charge on any atom is -1.00 e. The molecule has 0 saturated heterocycles. The average molecular weight is 696 g/mol. The normalized spacial score (nSPS) is 11.9. The molecule has 4 nitrogen and oxygen atoms in total. The van der Waals surface area contributed by atoms with E-state index in [1.165, 1.54) is 66.9 Å². The Morgan fingerprint density at radius 1 is 0.591 bits per heavy atom. The number of H-pyrrole nitrogens is 1. The van der Waals surface area contributed by atoms with Crippen LogP contribution in [0.4, 0.5) is 0 Å². The predicted octanol–water partition coefficient (Wildman–Crippen LogP) is 0.531. The molecule has 0 aliphatic carbocycles. The molecule has 8 bridgehead atoms. The number of aromatic amines is 1. The Hall–Kier alpha value is -2.01. The average Bonchev–Trinajstić information content (AvgIpc) is 3.73. The van der Waals surface area contributed by atoms with Crippen LogP contribution in [0.1, 0.15) is 119 Å². The van der Waals surface area contributed by atoms with Crippen molar-refractivity contribution in [1.29, 1.82) is 0 Å². The number of hydrogen-bond donors (Lipinski definition) is 1. The molecule has 238 valence electrons. The summed E-state index contributed by atoms with van der Waals surface area (Å²) in [7, 11) is 0. The molecule has 0 unspecified atom stereocenters. The summed E-state index contributed by atoms with van der Waals surface area (Å²) < 4.78 is 2.55. The van der Waals surface area contributed by atoms with Crippen LogP contribution in [0.5, 0.6) is 0 Å². The van der Waals surface area contributed by atoms with Crippen LogP contribution >= 0.6 is 0 Å². The smallest absolute Gasteiger partial charge is 1.00 e. The molecule has 5 rings (SSSR count). The van der Waals surface area contributed by atoms with Crippen molar-refractivity contribution in [2.75, 3.05) is 0 Å². The van der Waals surface area contributed by atoms with Crippen molar-refractivity contribution in [3.8, 4) is 0 Å². The molecular formula is C36H46Cl3MnN4. The Labute approximate surface area is 293 Å². The maximum absolute atomic E-state index is 5.61. The van der Waals surface area contributed by atoms with Gasteiger partial charge in [0, 0.05) is 34.2 Å². The summed E-state index contributed by atoms with van der Waals surface area (Å²) in [6, 6.07) is 6.80. The van der Waals surface area contributed by atoms with Crippen LogP contribution in [0.15, 0.2) is 18.2 Å². The van der Waals surface area contributed by atoms with E-state index in [0.717, 1.165) is 68.4 Å². The molecule has 0 spiro atoms. The van der Waals surface area contributed by atoms with Crippen molar-refractivity contribution in [3.63, 3.8) is 0 Å². The van der Waals surface area contributed by atoms with Crippen LogP contribution < -0.4 is 37.2 Å². The number of allylic oxidation sites excluding steroid dienone is 2. The van der Waals surface area contributed by atoms with Crippen molar-refractivity contribution in [2.24, 2.45) is 0 Å². The maximum Gasteiger partial charge on any atom is 3.00 e. The molecule has 0 aromatic carbocycles. The van der Waals surface area contributed by atoms with E-state index in [2.05, 4.69) is 95.3 Å². The number of aromatic nitrogens is 4. The second kappa shape index (κ2) is 17.1.